The van der Waals surface area contributed by atoms with Crippen molar-refractivity contribution in [2.24, 2.45) is 0 Å². The topological polar surface area (TPSA) is 20.2 Å². The molecule has 0 aliphatic rings. The van der Waals surface area contributed by atoms with Gasteiger partial charge in [-0.1, -0.05) is 51.8 Å². The third-order valence-electron chi connectivity index (χ3n) is 3.36. The third kappa shape index (κ3) is 4.43. The molecule has 106 valence electrons. The summed E-state index contributed by atoms with van der Waals surface area (Å²) in [5, 5.41) is 10.1. The highest BCUT2D eigenvalue weighted by molar-refractivity contribution is 9.10. The molecule has 2 aromatic rings. The predicted octanol–water partition coefficient (Wildman–Crippen LogP) is 4.43. The lowest BCUT2D eigenvalue weighted by atomic mass is 10.0. The quantitative estimate of drug-likeness (QED) is 0.856. The summed E-state index contributed by atoms with van der Waals surface area (Å²) in [6, 6.07) is 12.9. The molecular formula is C17H18BrFO. The predicted molar refractivity (Wildman–Crippen MR) is 83.3 cm³/mol. The summed E-state index contributed by atoms with van der Waals surface area (Å²) >= 11 is 3.33. The summed E-state index contributed by atoms with van der Waals surface area (Å²) in [4.78, 5) is 0. The molecule has 3 heteroatoms. The molecule has 0 heterocycles. The number of hydrogen-bond acceptors (Lipinski definition) is 1. The van der Waals surface area contributed by atoms with Crippen molar-refractivity contribution in [2.75, 3.05) is 0 Å². The van der Waals surface area contributed by atoms with Crippen molar-refractivity contribution in [3.63, 3.8) is 0 Å². The molecule has 0 saturated heterocycles. The standard InChI is InChI=1S/C17H18BrFO/c1-12-2-4-13(5-3-12)6-9-16(20)10-14-7-8-15(19)11-17(14)18/h2-5,7-8,11,16,20H,6,9-10H2,1H3. The van der Waals surface area contributed by atoms with E-state index >= 15 is 0 Å². The molecule has 0 aliphatic heterocycles. The van der Waals surface area contributed by atoms with E-state index in [9.17, 15) is 9.50 Å². The van der Waals surface area contributed by atoms with Crippen LogP contribution in [0.3, 0.4) is 0 Å². The van der Waals surface area contributed by atoms with Crippen LogP contribution in [-0.4, -0.2) is 11.2 Å². The van der Waals surface area contributed by atoms with Crippen LogP contribution >= 0.6 is 15.9 Å². The van der Waals surface area contributed by atoms with Crippen molar-refractivity contribution >= 4 is 15.9 Å². The largest absolute Gasteiger partial charge is 0.393 e. The van der Waals surface area contributed by atoms with E-state index in [1.165, 1.54) is 23.3 Å². The maximum Gasteiger partial charge on any atom is 0.124 e. The minimum Gasteiger partial charge on any atom is -0.393 e. The highest BCUT2D eigenvalue weighted by Gasteiger charge is 2.09. The Kier molecular flexibility index (Phi) is 5.32. The van der Waals surface area contributed by atoms with Crippen molar-refractivity contribution < 1.29 is 9.50 Å². The van der Waals surface area contributed by atoms with Gasteiger partial charge in [0.2, 0.25) is 0 Å². The normalized spacial score (nSPS) is 12.4. The third-order valence-corrected chi connectivity index (χ3v) is 4.10. The lowest BCUT2D eigenvalue weighted by molar-refractivity contribution is 0.165. The van der Waals surface area contributed by atoms with Crippen molar-refractivity contribution in [1.82, 2.24) is 0 Å². The van der Waals surface area contributed by atoms with E-state index in [1.807, 2.05) is 0 Å². The molecule has 1 N–H and O–H groups in total. The van der Waals surface area contributed by atoms with Gasteiger partial charge in [0.1, 0.15) is 5.82 Å². The molecule has 0 aromatic heterocycles. The van der Waals surface area contributed by atoms with Gasteiger partial charge in [-0.05, 0) is 49.4 Å². The second-order valence-electron chi connectivity index (χ2n) is 5.12. The van der Waals surface area contributed by atoms with Gasteiger partial charge >= 0.3 is 0 Å². The molecule has 2 aromatic carbocycles. The Balaban J connectivity index is 1.89. The van der Waals surface area contributed by atoms with Crippen LogP contribution in [0.4, 0.5) is 4.39 Å². The Hall–Kier alpha value is -1.19. The molecule has 0 radical (unpaired) electrons. The van der Waals surface area contributed by atoms with Gasteiger partial charge in [-0.25, -0.2) is 4.39 Å². The molecule has 0 aliphatic carbocycles. The Morgan fingerprint density at radius 3 is 2.50 bits per heavy atom. The number of aliphatic hydroxyl groups is 1. The lowest BCUT2D eigenvalue weighted by Crippen LogP contribution is -2.12. The fourth-order valence-electron chi connectivity index (χ4n) is 2.13. The van der Waals surface area contributed by atoms with E-state index in [-0.39, 0.29) is 5.82 Å². The van der Waals surface area contributed by atoms with Gasteiger partial charge in [-0.3, -0.25) is 0 Å². The van der Waals surface area contributed by atoms with Crippen LogP contribution in [0.15, 0.2) is 46.9 Å². The van der Waals surface area contributed by atoms with Gasteiger partial charge in [0, 0.05) is 4.47 Å². The average molecular weight is 337 g/mol. The summed E-state index contributed by atoms with van der Waals surface area (Å²) in [6.45, 7) is 2.06. The van der Waals surface area contributed by atoms with E-state index in [0.717, 1.165) is 12.0 Å². The second kappa shape index (κ2) is 7.00. The number of rotatable bonds is 5. The zero-order valence-corrected chi connectivity index (χ0v) is 13.0. The maximum absolute atomic E-state index is 13.0. The van der Waals surface area contributed by atoms with Crippen LogP contribution in [0, 0.1) is 12.7 Å². The molecule has 0 amide bonds. The Bertz CT molecular complexity index is 566. The van der Waals surface area contributed by atoms with Gasteiger partial charge in [0.25, 0.3) is 0 Å². The highest BCUT2D eigenvalue weighted by atomic mass is 79.9. The van der Waals surface area contributed by atoms with E-state index in [1.54, 1.807) is 6.07 Å². The SMILES string of the molecule is Cc1ccc(CCC(O)Cc2ccc(F)cc2Br)cc1. The van der Waals surface area contributed by atoms with Gasteiger partial charge in [0.05, 0.1) is 6.10 Å². The van der Waals surface area contributed by atoms with Crippen LogP contribution in [0.2, 0.25) is 0 Å². The molecule has 0 bridgehead atoms. The number of benzene rings is 2. The highest BCUT2D eigenvalue weighted by Crippen LogP contribution is 2.20. The molecule has 0 saturated carbocycles. The van der Waals surface area contributed by atoms with E-state index in [2.05, 4.69) is 47.1 Å². The molecule has 1 unspecified atom stereocenters. The molecule has 1 atom stereocenters. The van der Waals surface area contributed by atoms with Crippen molar-refractivity contribution in [1.29, 1.82) is 0 Å². The molecule has 20 heavy (non-hydrogen) atoms. The average Bonchev–Trinajstić information content (AvgIpc) is 2.41. The smallest absolute Gasteiger partial charge is 0.124 e. The molecular weight excluding hydrogens is 319 g/mol. The van der Waals surface area contributed by atoms with Crippen LogP contribution in [-0.2, 0) is 12.8 Å². The molecule has 1 nitrogen and oxygen atoms in total. The summed E-state index contributed by atoms with van der Waals surface area (Å²) in [5.41, 5.74) is 3.40. The minimum absolute atomic E-state index is 0.269. The summed E-state index contributed by atoms with van der Waals surface area (Å²) < 4.78 is 13.7. The van der Waals surface area contributed by atoms with Crippen molar-refractivity contribution in [3.05, 3.63) is 69.4 Å². The first-order valence-corrected chi connectivity index (χ1v) is 7.51. The summed E-state index contributed by atoms with van der Waals surface area (Å²) in [6.07, 6.45) is 1.66. The first-order chi connectivity index (χ1) is 9.54. The van der Waals surface area contributed by atoms with Crippen LogP contribution in [0.1, 0.15) is 23.1 Å². The fraction of sp³-hybridized carbons (Fsp3) is 0.294. The van der Waals surface area contributed by atoms with Gasteiger partial charge in [-0.15, -0.1) is 0 Å². The molecule has 0 spiro atoms. The fourth-order valence-corrected chi connectivity index (χ4v) is 2.64. The molecule has 0 fully saturated rings. The van der Waals surface area contributed by atoms with Gasteiger partial charge in [-0.2, -0.15) is 0 Å². The van der Waals surface area contributed by atoms with Gasteiger partial charge < -0.3 is 5.11 Å². The van der Waals surface area contributed by atoms with E-state index in [4.69, 9.17) is 0 Å². The van der Waals surface area contributed by atoms with Gasteiger partial charge in [0.15, 0.2) is 0 Å². The number of halogens is 2. The summed E-state index contributed by atoms with van der Waals surface area (Å²) in [5.74, 6) is -0.269. The lowest BCUT2D eigenvalue weighted by Gasteiger charge is -2.12. The number of aliphatic hydroxyl groups excluding tert-OH is 1. The van der Waals surface area contributed by atoms with Crippen molar-refractivity contribution in [2.45, 2.75) is 32.3 Å². The maximum atomic E-state index is 13.0. The van der Waals surface area contributed by atoms with Crippen LogP contribution < -0.4 is 0 Å². The van der Waals surface area contributed by atoms with E-state index < -0.39 is 6.10 Å². The molecule has 2 rings (SSSR count). The van der Waals surface area contributed by atoms with Crippen LogP contribution in [0.25, 0.3) is 0 Å². The monoisotopic (exact) mass is 336 g/mol. The van der Waals surface area contributed by atoms with Crippen molar-refractivity contribution in [3.8, 4) is 0 Å². The zero-order valence-electron chi connectivity index (χ0n) is 11.4. The van der Waals surface area contributed by atoms with E-state index in [0.29, 0.717) is 17.3 Å². The zero-order chi connectivity index (χ0) is 14.5. The Morgan fingerprint density at radius 1 is 1.15 bits per heavy atom. The first-order valence-electron chi connectivity index (χ1n) is 6.72. The first kappa shape index (κ1) is 15.2. The Labute approximate surface area is 127 Å². The van der Waals surface area contributed by atoms with Crippen LogP contribution in [0.5, 0.6) is 0 Å². The summed E-state index contributed by atoms with van der Waals surface area (Å²) in [7, 11) is 0. The minimum atomic E-state index is -0.418. The number of aryl methyl sites for hydroxylation is 2. The number of hydrogen-bond donors (Lipinski definition) is 1. The Morgan fingerprint density at radius 2 is 1.85 bits per heavy atom. The second-order valence-corrected chi connectivity index (χ2v) is 5.97.